The number of anilines is 2. The molecule has 0 fully saturated rings. The van der Waals surface area contributed by atoms with Crippen LogP contribution < -0.4 is 14.5 Å². The van der Waals surface area contributed by atoms with E-state index >= 15 is 0 Å². The van der Waals surface area contributed by atoms with Crippen molar-refractivity contribution >= 4 is 34.5 Å². The van der Waals surface area contributed by atoms with E-state index in [1.807, 2.05) is 41.8 Å². The normalized spacial score (nSPS) is 15.5. The number of hydrogen-bond acceptors (Lipinski definition) is 5. The molecule has 1 aromatic heterocycles. The van der Waals surface area contributed by atoms with Crippen molar-refractivity contribution in [2.45, 2.75) is 12.8 Å². The maximum atomic E-state index is 13.2. The number of thiazole rings is 1. The third-order valence-electron chi connectivity index (χ3n) is 5.33. The van der Waals surface area contributed by atoms with Gasteiger partial charge in [-0.05, 0) is 42.7 Å². The zero-order valence-corrected chi connectivity index (χ0v) is 16.5. The van der Waals surface area contributed by atoms with Crippen molar-refractivity contribution in [1.82, 2.24) is 4.98 Å². The summed E-state index contributed by atoms with van der Waals surface area (Å²) in [5, 5.41) is 1.95. The van der Waals surface area contributed by atoms with E-state index in [4.69, 9.17) is 4.74 Å². The number of aromatic nitrogens is 1. The first-order valence-corrected chi connectivity index (χ1v) is 10.5. The Morgan fingerprint density at radius 1 is 1.17 bits per heavy atom. The van der Waals surface area contributed by atoms with Gasteiger partial charge in [0.2, 0.25) is 5.91 Å². The Bertz CT molecular complexity index is 1080. The number of amides is 2. The van der Waals surface area contributed by atoms with Gasteiger partial charge in [-0.3, -0.25) is 14.5 Å². The van der Waals surface area contributed by atoms with Crippen LogP contribution in [-0.4, -0.2) is 36.5 Å². The second kappa shape index (κ2) is 7.33. The quantitative estimate of drug-likeness (QED) is 0.669. The molecule has 0 N–H and O–H groups in total. The van der Waals surface area contributed by atoms with Crippen molar-refractivity contribution in [2.24, 2.45) is 0 Å². The average molecular weight is 405 g/mol. The van der Waals surface area contributed by atoms with E-state index in [1.165, 1.54) is 21.8 Å². The van der Waals surface area contributed by atoms with Crippen molar-refractivity contribution in [2.75, 3.05) is 29.5 Å². The lowest BCUT2D eigenvalue weighted by atomic mass is 10.0. The van der Waals surface area contributed by atoms with E-state index in [2.05, 4.69) is 11.1 Å². The number of nitrogens with zero attached hydrogens (tertiary/aromatic N) is 3. The molecular weight excluding hydrogens is 386 g/mol. The third-order valence-corrected chi connectivity index (χ3v) is 5.92. The summed E-state index contributed by atoms with van der Waals surface area (Å²) in [6, 6.07) is 13.6. The molecule has 0 aliphatic carbocycles. The first-order chi connectivity index (χ1) is 14.2. The second-order valence-electron chi connectivity index (χ2n) is 7.10. The van der Waals surface area contributed by atoms with Gasteiger partial charge < -0.3 is 9.64 Å². The minimum absolute atomic E-state index is 0.00987. The van der Waals surface area contributed by atoms with Crippen molar-refractivity contribution in [3.63, 3.8) is 0 Å². The van der Waals surface area contributed by atoms with Crippen LogP contribution in [0.1, 0.15) is 12.0 Å². The third kappa shape index (κ3) is 3.27. The molecule has 2 amide bonds. The Labute approximate surface area is 172 Å². The van der Waals surface area contributed by atoms with E-state index in [0.717, 1.165) is 29.8 Å². The Hall–Kier alpha value is -3.19. The smallest absolute Gasteiger partial charge is 0.265 e. The van der Waals surface area contributed by atoms with Crippen LogP contribution in [0.15, 0.2) is 53.4 Å². The van der Waals surface area contributed by atoms with Crippen LogP contribution in [0.4, 0.5) is 11.4 Å². The molecule has 0 bridgehead atoms. The van der Waals surface area contributed by atoms with Crippen LogP contribution >= 0.6 is 11.3 Å². The van der Waals surface area contributed by atoms with Crippen molar-refractivity contribution in [1.29, 1.82) is 0 Å². The molecule has 0 saturated heterocycles. The Morgan fingerprint density at radius 3 is 2.93 bits per heavy atom. The molecular formula is C22H19N3O3S. The van der Waals surface area contributed by atoms with Gasteiger partial charge in [0, 0.05) is 23.2 Å². The van der Waals surface area contributed by atoms with E-state index in [1.54, 1.807) is 10.4 Å². The van der Waals surface area contributed by atoms with Gasteiger partial charge in [0.1, 0.15) is 12.3 Å². The van der Waals surface area contributed by atoms with E-state index in [-0.39, 0.29) is 25.0 Å². The Kier molecular flexibility index (Phi) is 4.52. The van der Waals surface area contributed by atoms with Crippen molar-refractivity contribution in [3.05, 3.63) is 58.9 Å². The van der Waals surface area contributed by atoms with Gasteiger partial charge in [0.25, 0.3) is 5.91 Å². The predicted octanol–water partition coefficient (Wildman–Crippen LogP) is 3.51. The number of hydrogen-bond donors (Lipinski definition) is 0. The molecule has 29 heavy (non-hydrogen) atoms. The van der Waals surface area contributed by atoms with Crippen LogP contribution in [0, 0.1) is 0 Å². The summed E-state index contributed by atoms with van der Waals surface area (Å²) in [6.07, 6.45) is 1.89. The number of carbonyl (C=O) groups is 2. The number of ether oxygens (including phenoxy) is 1. The highest BCUT2D eigenvalue weighted by molar-refractivity contribution is 7.07. The van der Waals surface area contributed by atoms with Gasteiger partial charge in [0.05, 0.1) is 16.9 Å². The largest absolute Gasteiger partial charge is 0.482 e. The van der Waals surface area contributed by atoms with E-state index in [9.17, 15) is 9.59 Å². The molecule has 2 aliphatic rings. The van der Waals surface area contributed by atoms with E-state index in [0.29, 0.717) is 18.0 Å². The minimum atomic E-state index is -0.216. The summed E-state index contributed by atoms with van der Waals surface area (Å²) in [4.78, 5) is 33.5. The summed E-state index contributed by atoms with van der Waals surface area (Å²) in [5.74, 6) is 0.305. The highest BCUT2D eigenvalue weighted by Crippen LogP contribution is 2.36. The zero-order valence-electron chi connectivity index (χ0n) is 15.7. The number of benzene rings is 2. The SMILES string of the molecule is O=C(CN1C(=O)COc2ccc(-c3cscn3)cc21)N1CCCc2ccccc21. The van der Waals surface area contributed by atoms with Gasteiger partial charge in [-0.15, -0.1) is 11.3 Å². The molecule has 3 heterocycles. The van der Waals surface area contributed by atoms with Gasteiger partial charge >= 0.3 is 0 Å². The summed E-state index contributed by atoms with van der Waals surface area (Å²) < 4.78 is 5.59. The van der Waals surface area contributed by atoms with Crippen molar-refractivity contribution < 1.29 is 14.3 Å². The monoisotopic (exact) mass is 405 g/mol. The Morgan fingerprint density at radius 2 is 2.07 bits per heavy atom. The predicted molar refractivity (Wildman–Crippen MR) is 113 cm³/mol. The summed E-state index contributed by atoms with van der Waals surface area (Å²) in [5.41, 5.74) is 6.24. The van der Waals surface area contributed by atoms with E-state index < -0.39 is 0 Å². The molecule has 2 aliphatic heterocycles. The zero-order chi connectivity index (χ0) is 19.8. The second-order valence-corrected chi connectivity index (χ2v) is 7.82. The molecule has 0 saturated carbocycles. The molecule has 146 valence electrons. The summed E-state index contributed by atoms with van der Waals surface area (Å²) in [7, 11) is 0. The first-order valence-electron chi connectivity index (χ1n) is 9.55. The Balaban J connectivity index is 1.46. The van der Waals surface area contributed by atoms with Crippen LogP contribution in [0.25, 0.3) is 11.3 Å². The number of aryl methyl sites for hydroxylation is 1. The maximum Gasteiger partial charge on any atom is 0.265 e. The number of fused-ring (bicyclic) bond motifs is 2. The molecule has 0 radical (unpaired) electrons. The highest BCUT2D eigenvalue weighted by atomic mass is 32.1. The number of rotatable bonds is 3. The molecule has 3 aromatic rings. The fourth-order valence-corrected chi connectivity index (χ4v) is 4.46. The topological polar surface area (TPSA) is 62.7 Å². The standard InChI is InChI=1S/C22H19N3O3S/c26-21(24-9-3-5-15-4-1-2-6-18(15)24)11-25-19-10-16(17-13-29-14-23-17)7-8-20(19)28-12-22(25)27/h1-2,4,6-8,10,13-14H,3,5,9,11-12H2. The van der Waals surface area contributed by atoms with Gasteiger partial charge in [0.15, 0.2) is 6.61 Å². The average Bonchev–Trinajstić information content (AvgIpc) is 3.30. The lowest BCUT2D eigenvalue weighted by molar-refractivity contribution is -0.124. The maximum absolute atomic E-state index is 13.2. The molecule has 5 rings (SSSR count). The fraction of sp³-hybridized carbons (Fsp3) is 0.227. The molecule has 0 spiro atoms. The molecule has 6 nitrogen and oxygen atoms in total. The lowest BCUT2D eigenvalue weighted by Gasteiger charge is -2.33. The van der Waals surface area contributed by atoms with Gasteiger partial charge in [-0.1, -0.05) is 18.2 Å². The minimum Gasteiger partial charge on any atom is -0.482 e. The van der Waals surface area contributed by atoms with Crippen LogP contribution in [0.5, 0.6) is 5.75 Å². The lowest BCUT2D eigenvalue weighted by Crippen LogP contribution is -2.47. The van der Waals surface area contributed by atoms with Crippen LogP contribution in [0.3, 0.4) is 0 Å². The fourth-order valence-electron chi connectivity index (χ4n) is 3.90. The summed E-state index contributed by atoms with van der Waals surface area (Å²) >= 11 is 1.51. The summed E-state index contributed by atoms with van der Waals surface area (Å²) in [6.45, 7) is 0.594. The van der Waals surface area contributed by atoms with Gasteiger partial charge in [-0.25, -0.2) is 4.98 Å². The van der Waals surface area contributed by atoms with Gasteiger partial charge in [-0.2, -0.15) is 0 Å². The first kappa shape index (κ1) is 17.9. The molecule has 0 atom stereocenters. The van der Waals surface area contributed by atoms with Crippen LogP contribution in [-0.2, 0) is 16.0 Å². The highest BCUT2D eigenvalue weighted by Gasteiger charge is 2.31. The molecule has 2 aromatic carbocycles. The van der Waals surface area contributed by atoms with Crippen molar-refractivity contribution in [3.8, 4) is 17.0 Å². The molecule has 0 unspecified atom stereocenters. The van der Waals surface area contributed by atoms with Crippen LogP contribution in [0.2, 0.25) is 0 Å². The number of carbonyl (C=O) groups excluding carboxylic acids is 2. The number of para-hydroxylation sites is 1. The molecule has 7 heteroatoms.